The van der Waals surface area contributed by atoms with Crippen molar-refractivity contribution in [1.29, 1.82) is 0 Å². The summed E-state index contributed by atoms with van der Waals surface area (Å²) < 4.78 is 0. The van der Waals surface area contributed by atoms with E-state index in [0.717, 1.165) is 24.7 Å². The van der Waals surface area contributed by atoms with E-state index >= 15 is 0 Å². The topological polar surface area (TPSA) is 32.5 Å². The van der Waals surface area contributed by atoms with Gasteiger partial charge in [-0.15, -0.1) is 0 Å². The number of anilines is 1. The Morgan fingerprint density at radius 1 is 1.15 bits per heavy atom. The molecule has 3 nitrogen and oxygen atoms in total. The van der Waals surface area contributed by atoms with E-state index in [4.69, 9.17) is 5.73 Å². The molecule has 2 aliphatic heterocycles. The Balaban J connectivity index is 1.64. The minimum atomic E-state index is 0.692. The number of piperidine rings is 1. The first-order chi connectivity index (χ1) is 9.65. The summed E-state index contributed by atoms with van der Waals surface area (Å²) in [5.74, 6) is 0. The molecule has 2 N–H and O–H groups in total. The lowest BCUT2D eigenvalue weighted by Gasteiger charge is -2.42. The monoisotopic (exact) mass is 273 g/mol. The highest BCUT2D eigenvalue weighted by Crippen LogP contribution is 2.28. The smallest absolute Gasteiger partial charge is 0.0350 e. The average Bonchev–Trinajstić information content (AvgIpc) is 2.47. The Hall–Kier alpha value is -1.06. The summed E-state index contributed by atoms with van der Waals surface area (Å²) >= 11 is 0. The third-order valence-corrected chi connectivity index (χ3v) is 5.08. The molecule has 1 saturated heterocycles. The SMILES string of the molecule is CC(C)N1CCC(N2CCc3c(N)cccc3C2)CC1. The number of likely N-dealkylation sites (tertiary alicyclic amines) is 1. The quantitative estimate of drug-likeness (QED) is 0.840. The number of fused-ring (bicyclic) bond motifs is 1. The van der Waals surface area contributed by atoms with Crippen molar-refractivity contribution < 1.29 is 0 Å². The van der Waals surface area contributed by atoms with Crippen LogP contribution in [0.1, 0.15) is 37.8 Å². The summed E-state index contributed by atoms with van der Waals surface area (Å²) in [6.45, 7) is 9.38. The summed E-state index contributed by atoms with van der Waals surface area (Å²) in [4.78, 5) is 5.28. The number of hydrogen-bond acceptors (Lipinski definition) is 3. The molecule has 3 rings (SSSR count). The van der Waals surface area contributed by atoms with Gasteiger partial charge in [0, 0.05) is 30.9 Å². The fraction of sp³-hybridized carbons (Fsp3) is 0.647. The molecule has 1 aromatic carbocycles. The fourth-order valence-electron chi connectivity index (χ4n) is 3.74. The number of benzene rings is 1. The Morgan fingerprint density at radius 3 is 2.60 bits per heavy atom. The van der Waals surface area contributed by atoms with Crippen LogP contribution in [0.15, 0.2) is 18.2 Å². The molecule has 0 radical (unpaired) electrons. The maximum atomic E-state index is 6.09. The van der Waals surface area contributed by atoms with Crippen molar-refractivity contribution in [2.45, 2.75) is 51.7 Å². The minimum absolute atomic E-state index is 0.692. The Kier molecular flexibility index (Phi) is 3.99. The molecule has 0 saturated carbocycles. The summed E-state index contributed by atoms with van der Waals surface area (Å²) in [6.07, 6.45) is 3.75. The first-order valence-corrected chi connectivity index (χ1v) is 7.99. The summed E-state index contributed by atoms with van der Waals surface area (Å²) in [5, 5.41) is 0. The molecule has 2 aliphatic rings. The highest BCUT2D eigenvalue weighted by molar-refractivity contribution is 5.51. The molecule has 20 heavy (non-hydrogen) atoms. The normalized spacial score (nSPS) is 22.1. The van der Waals surface area contributed by atoms with E-state index in [0.29, 0.717) is 6.04 Å². The predicted octanol–water partition coefficient (Wildman–Crippen LogP) is 2.50. The van der Waals surface area contributed by atoms with Crippen LogP contribution in [0.5, 0.6) is 0 Å². The summed E-state index contributed by atoms with van der Waals surface area (Å²) in [5.41, 5.74) is 9.91. The van der Waals surface area contributed by atoms with Crippen LogP contribution in [0.2, 0.25) is 0 Å². The molecule has 0 aliphatic carbocycles. The van der Waals surface area contributed by atoms with Crippen LogP contribution in [0.4, 0.5) is 5.69 Å². The highest BCUT2D eigenvalue weighted by atomic mass is 15.2. The second-order valence-electron chi connectivity index (χ2n) is 6.57. The summed E-state index contributed by atoms with van der Waals surface area (Å²) in [7, 11) is 0. The zero-order valence-corrected chi connectivity index (χ0v) is 12.8. The van der Waals surface area contributed by atoms with Gasteiger partial charge >= 0.3 is 0 Å². The number of hydrogen-bond donors (Lipinski definition) is 1. The van der Waals surface area contributed by atoms with E-state index in [9.17, 15) is 0 Å². The third-order valence-electron chi connectivity index (χ3n) is 5.08. The summed E-state index contributed by atoms with van der Waals surface area (Å²) in [6, 6.07) is 7.84. The number of nitrogen functional groups attached to an aromatic ring is 1. The molecule has 3 heteroatoms. The van der Waals surface area contributed by atoms with Crippen LogP contribution >= 0.6 is 0 Å². The van der Waals surface area contributed by atoms with Crippen molar-refractivity contribution in [1.82, 2.24) is 9.80 Å². The van der Waals surface area contributed by atoms with Gasteiger partial charge in [-0.1, -0.05) is 12.1 Å². The van der Waals surface area contributed by atoms with E-state index in [1.807, 2.05) is 6.07 Å². The van der Waals surface area contributed by atoms with E-state index in [2.05, 4.69) is 35.8 Å². The van der Waals surface area contributed by atoms with Crippen LogP contribution in [0.3, 0.4) is 0 Å². The standard InChI is InChI=1S/C17H27N3/c1-13(2)19-9-6-15(7-10-19)20-11-8-16-14(12-20)4-3-5-17(16)18/h3-5,13,15H,6-12,18H2,1-2H3. The van der Waals surface area contributed by atoms with Crippen LogP contribution in [-0.2, 0) is 13.0 Å². The molecule has 1 aromatic rings. The second kappa shape index (κ2) is 5.74. The lowest BCUT2D eigenvalue weighted by molar-refractivity contribution is 0.0839. The number of rotatable bonds is 2. The van der Waals surface area contributed by atoms with Gasteiger partial charge in [0.2, 0.25) is 0 Å². The molecule has 0 bridgehead atoms. The zero-order chi connectivity index (χ0) is 14.1. The molecular weight excluding hydrogens is 246 g/mol. The van der Waals surface area contributed by atoms with Crippen LogP contribution < -0.4 is 5.73 Å². The van der Waals surface area contributed by atoms with Gasteiger partial charge in [-0.3, -0.25) is 4.90 Å². The molecule has 110 valence electrons. The molecular formula is C17H27N3. The molecule has 2 heterocycles. The molecule has 0 unspecified atom stereocenters. The van der Waals surface area contributed by atoms with Gasteiger partial charge < -0.3 is 10.6 Å². The highest BCUT2D eigenvalue weighted by Gasteiger charge is 2.28. The molecule has 0 aromatic heterocycles. The van der Waals surface area contributed by atoms with Crippen molar-refractivity contribution in [3.05, 3.63) is 29.3 Å². The van der Waals surface area contributed by atoms with E-state index < -0.39 is 0 Å². The largest absolute Gasteiger partial charge is 0.398 e. The van der Waals surface area contributed by atoms with Crippen molar-refractivity contribution in [3.63, 3.8) is 0 Å². The Bertz CT molecular complexity index is 461. The fourth-order valence-corrected chi connectivity index (χ4v) is 3.74. The first-order valence-electron chi connectivity index (χ1n) is 7.99. The Labute approximate surface area is 122 Å². The number of nitrogens with zero attached hydrogens (tertiary/aromatic N) is 2. The molecule has 0 spiro atoms. The predicted molar refractivity (Wildman–Crippen MR) is 84.7 cm³/mol. The van der Waals surface area contributed by atoms with Crippen molar-refractivity contribution in [2.75, 3.05) is 25.4 Å². The number of nitrogens with two attached hydrogens (primary N) is 1. The van der Waals surface area contributed by atoms with Crippen molar-refractivity contribution in [3.8, 4) is 0 Å². The zero-order valence-electron chi connectivity index (χ0n) is 12.8. The van der Waals surface area contributed by atoms with Crippen molar-refractivity contribution in [2.24, 2.45) is 0 Å². The molecule has 0 atom stereocenters. The van der Waals surface area contributed by atoms with E-state index in [-0.39, 0.29) is 0 Å². The molecule has 1 fully saturated rings. The van der Waals surface area contributed by atoms with Crippen molar-refractivity contribution >= 4 is 5.69 Å². The minimum Gasteiger partial charge on any atom is -0.398 e. The lowest BCUT2D eigenvalue weighted by atomic mass is 9.94. The van der Waals surface area contributed by atoms with Crippen LogP contribution in [0.25, 0.3) is 0 Å². The van der Waals surface area contributed by atoms with E-state index in [1.165, 1.54) is 43.6 Å². The van der Waals surface area contributed by atoms with Gasteiger partial charge in [-0.2, -0.15) is 0 Å². The maximum Gasteiger partial charge on any atom is 0.0350 e. The van der Waals surface area contributed by atoms with E-state index in [1.54, 1.807) is 0 Å². The molecule has 0 amide bonds. The van der Waals surface area contributed by atoms with Crippen LogP contribution in [0, 0.1) is 0 Å². The third kappa shape index (κ3) is 2.70. The Morgan fingerprint density at radius 2 is 1.90 bits per heavy atom. The van der Waals surface area contributed by atoms with Gasteiger partial charge in [-0.25, -0.2) is 0 Å². The lowest BCUT2D eigenvalue weighted by Crippen LogP contribution is -2.48. The average molecular weight is 273 g/mol. The van der Waals surface area contributed by atoms with Gasteiger partial charge in [0.25, 0.3) is 0 Å². The van der Waals surface area contributed by atoms with Gasteiger partial charge in [0.05, 0.1) is 0 Å². The first kappa shape index (κ1) is 13.9. The second-order valence-corrected chi connectivity index (χ2v) is 6.57. The van der Waals surface area contributed by atoms with Gasteiger partial charge in [-0.05, 0) is 63.4 Å². The van der Waals surface area contributed by atoms with Crippen LogP contribution in [-0.4, -0.2) is 41.5 Å². The van der Waals surface area contributed by atoms with Gasteiger partial charge in [0.1, 0.15) is 0 Å². The maximum absolute atomic E-state index is 6.09. The van der Waals surface area contributed by atoms with Gasteiger partial charge in [0.15, 0.2) is 0 Å².